The van der Waals surface area contributed by atoms with Gasteiger partial charge in [0.05, 0.1) is 0 Å². The average molecular weight is 257 g/mol. The highest BCUT2D eigenvalue weighted by Gasteiger charge is 2.00. The van der Waals surface area contributed by atoms with Crippen LogP contribution in [0, 0.1) is 0 Å². The lowest BCUT2D eigenvalue weighted by atomic mass is 10.1. The summed E-state index contributed by atoms with van der Waals surface area (Å²) in [6.45, 7) is 3.14. The van der Waals surface area contributed by atoms with Gasteiger partial charge in [0, 0.05) is 11.8 Å². The molecule has 0 aliphatic rings. The quantitative estimate of drug-likeness (QED) is 0.638. The molecule has 2 aromatic rings. The summed E-state index contributed by atoms with van der Waals surface area (Å²) in [5, 5.41) is 0. The summed E-state index contributed by atoms with van der Waals surface area (Å²) < 4.78 is 11.3. The minimum atomic E-state index is 0.501. The van der Waals surface area contributed by atoms with Crippen LogP contribution in [-0.4, -0.2) is 13.2 Å². The molecular weight excluding hydrogens is 238 g/mol. The Morgan fingerprint density at radius 1 is 0.947 bits per heavy atom. The molecule has 100 valence electrons. The topological polar surface area (TPSA) is 44.5 Å². The van der Waals surface area contributed by atoms with Crippen molar-refractivity contribution in [3.8, 4) is 11.5 Å². The van der Waals surface area contributed by atoms with E-state index in [-0.39, 0.29) is 0 Å². The molecule has 3 heteroatoms. The highest BCUT2D eigenvalue weighted by atomic mass is 16.5. The van der Waals surface area contributed by atoms with Gasteiger partial charge in [0.15, 0.2) is 0 Å². The molecule has 0 saturated heterocycles. The van der Waals surface area contributed by atoms with Gasteiger partial charge in [-0.15, -0.1) is 0 Å². The van der Waals surface area contributed by atoms with Crippen LogP contribution in [0.3, 0.4) is 0 Å². The van der Waals surface area contributed by atoms with Crippen LogP contribution in [0.15, 0.2) is 48.5 Å². The van der Waals surface area contributed by atoms with E-state index in [0.717, 1.165) is 17.9 Å². The Bertz CT molecular complexity index is 526. The van der Waals surface area contributed by atoms with E-state index in [1.165, 1.54) is 5.56 Å². The van der Waals surface area contributed by atoms with E-state index in [2.05, 4.69) is 13.0 Å². The Morgan fingerprint density at radius 3 is 2.53 bits per heavy atom. The monoisotopic (exact) mass is 257 g/mol. The first-order valence-corrected chi connectivity index (χ1v) is 6.48. The molecule has 0 radical (unpaired) electrons. The largest absolute Gasteiger partial charge is 0.490 e. The number of benzene rings is 2. The lowest BCUT2D eigenvalue weighted by Crippen LogP contribution is -2.10. The predicted octanol–water partition coefficient (Wildman–Crippen LogP) is 3.29. The maximum absolute atomic E-state index is 5.72. The Morgan fingerprint density at radius 2 is 1.74 bits per heavy atom. The van der Waals surface area contributed by atoms with Crippen molar-refractivity contribution in [3.63, 3.8) is 0 Å². The molecule has 0 saturated carbocycles. The highest BCUT2D eigenvalue weighted by molar-refractivity contribution is 5.43. The Balaban J connectivity index is 1.81. The number of para-hydroxylation sites is 1. The lowest BCUT2D eigenvalue weighted by Gasteiger charge is -2.11. The number of hydrogen-bond acceptors (Lipinski definition) is 3. The summed E-state index contributed by atoms with van der Waals surface area (Å²) in [6, 6.07) is 15.5. The summed E-state index contributed by atoms with van der Waals surface area (Å²) in [7, 11) is 0. The van der Waals surface area contributed by atoms with Gasteiger partial charge in [0.1, 0.15) is 24.7 Å². The second-order valence-corrected chi connectivity index (χ2v) is 4.23. The van der Waals surface area contributed by atoms with Gasteiger partial charge in [-0.3, -0.25) is 0 Å². The van der Waals surface area contributed by atoms with Crippen molar-refractivity contribution < 1.29 is 9.47 Å². The van der Waals surface area contributed by atoms with Crippen molar-refractivity contribution in [3.05, 3.63) is 54.1 Å². The van der Waals surface area contributed by atoms with Crippen molar-refractivity contribution in [2.75, 3.05) is 18.9 Å². The standard InChI is InChI=1S/C16H19NO2/c1-2-13-6-3-4-9-16(13)19-11-10-18-15-8-5-7-14(17)12-15/h3-9,12H,2,10-11,17H2,1H3. The fourth-order valence-corrected chi connectivity index (χ4v) is 1.85. The molecule has 0 aliphatic heterocycles. The number of nitrogen functional groups attached to an aromatic ring is 1. The Hall–Kier alpha value is -2.16. The smallest absolute Gasteiger partial charge is 0.122 e. The van der Waals surface area contributed by atoms with Gasteiger partial charge in [-0.05, 0) is 30.2 Å². The molecular formula is C16H19NO2. The van der Waals surface area contributed by atoms with E-state index in [0.29, 0.717) is 18.9 Å². The summed E-state index contributed by atoms with van der Waals surface area (Å²) in [4.78, 5) is 0. The van der Waals surface area contributed by atoms with Gasteiger partial charge in [-0.2, -0.15) is 0 Å². The van der Waals surface area contributed by atoms with Gasteiger partial charge < -0.3 is 15.2 Å². The second kappa shape index (κ2) is 6.69. The van der Waals surface area contributed by atoms with Crippen molar-refractivity contribution in [1.82, 2.24) is 0 Å². The van der Waals surface area contributed by atoms with Crippen LogP contribution >= 0.6 is 0 Å². The molecule has 19 heavy (non-hydrogen) atoms. The number of hydrogen-bond donors (Lipinski definition) is 1. The van der Waals surface area contributed by atoms with Crippen LogP contribution in [0.2, 0.25) is 0 Å². The number of aryl methyl sites for hydroxylation is 1. The summed E-state index contributed by atoms with van der Waals surface area (Å²) in [6.07, 6.45) is 0.965. The maximum Gasteiger partial charge on any atom is 0.122 e. The first-order chi connectivity index (χ1) is 9.29. The van der Waals surface area contributed by atoms with E-state index in [1.54, 1.807) is 6.07 Å². The van der Waals surface area contributed by atoms with Crippen LogP contribution in [0.5, 0.6) is 11.5 Å². The molecule has 0 aromatic heterocycles. The number of ether oxygens (including phenoxy) is 2. The molecule has 0 amide bonds. The molecule has 0 bridgehead atoms. The Labute approximate surface area is 114 Å². The maximum atomic E-state index is 5.72. The molecule has 0 atom stereocenters. The fourth-order valence-electron chi connectivity index (χ4n) is 1.85. The normalized spacial score (nSPS) is 10.2. The summed E-state index contributed by atoms with van der Waals surface area (Å²) in [5.41, 5.74) is 7.60. The van der Waals surface area contributed by atoms with Crippen LogP contribution < -0.4 is 15.2 Å². The number of anilines is 1. The zero-order chi connectivity index (χ0) is 13.5. The molecule has 0 spiro atoms. The molecule has 3 nitrogen and oxygen atoms in total. The third kappa shape index (κ3) is 3.91. The van der Waals surface area contributed by atoms with Crippen molar-refractivity contribution in [2.24, 2.45) is 0 Å². The van der Waals surface area contributed by atoms with E-state index >= 15 is 0 Å². The van der Waals surface area contributed by atoms with Crippen LogP contribution in [0.25, 0.3) is 0 Å². The molecule has 0 aliphatic carbocycles. The van der Waals surface area contributed by atoms with E-state index in [4.69, 9.17) is 15.2 Å². The highest BCUT2D eigenvalue weighted by Crippen LogP contribution is 2.18. The minimum Gasteiger partial charge on any atom is -0.490 e. The van der Waals surface area contributed by atoms with E-state index < -0.39 is 0 Å². The zero-order valence-electron chi connectivity index (χ0n) is 11.1. The molecule has 2 rings (SSSR count). The minimum absolute atomic E-state index is 0.501. The van der Waals surface area contributed by atoms with Gasteiger partial charge in [-0.1, -0.05) is 31.2 Å². The fraction of sp³-hybridized carbons (Fsp3) is 0.250. The van der Waals surface area contributed by atoms with E-state index in [9.17, 15) is 0 Å². The van der Waals surface area contributed by atoms with Gasteiger partial charge in [0.25, 0.3) is 0 Å². The summed E-state index contributed by atoms with van der Waals surface area (Å²) >= 11 is 0. The molecule has 0 fully saturated rings. The zero-order valence-corrected chi connectivity index (χ0v) is 11.1. The molecule has 2 N–H and O–H groups in total. The predicted molar refractivity (Wildman–Crippen MR) is 77.7 cm³/mol. The van der Waals surface area contributed by atoms with Crippen molar-refractivity contribution in [1.29, 1.82) is 0 Å². The van der Waals surface area contributed by atoms with Crippen molar-refractivity contribution in [2.45, 2.75) is 13.3 Å². The van der Waals surface area contributed by atoms with Crippen LogP contribution in [-0.2, 0) is 6.42 Å². The second-order valence-electron chi connectivity index (χ2n) is 4.23. The number of nitrogens with two attached hydrogens (primary N) is 1. The first kappa shape index (κ1) is 13.3. The first-order valence-electron chi connectivity index (χ1n) is 6.48. The Kier molecular flexibility index (Phi) is 4.67. The third-order valence-corrected chi connectivity index (χ3v) is 2.82. The van der Waals surface area contributed by atoms with Gasteiger partial charge in [-0.25, -0.2) is 0 Å². The molecule has 0 heterocycles. The van der Waals surface area contributed by atoms with Crippen molar-refractivity contribution >= 4 is 5.69 Å². The average Bonchev–Trinajstić information content (AvgIpc) is 2.44. The summed E-state index contributed by atoms with van der Waals surface area (Å²) in [5.74, 6) is 1.70. The van der Waals surface area contributed by atoms with Crippen LogP contribution in [0.4, 0.5) is 5.69 Å². The molecule has 2 aromatic carbocycles. The SMILES string of the molecule is CCc1ccccc1OCCOc1cccc(N)c1. The lowest BCUT2D eigenvalue weighted by molar-refractivity contribution is 0.216. The van der Waals surface area contributed by atoms with Crippen LogP contribution in [0.1, 0.15) is 12.5 Å². The van der Waals surface area contributed by atoms with E-state index in [1.807, 2.05) is 36.4 Å². The van der Waals surface area contributed by atoms with Gasteiger partial charge >= 0.3 is 0 Å². The third-order valence-electron chi connectivity index (χ3n) is 2.82. The molecule has 0 unspecified atom stereocenters. The number of rotatable bonds is 6. The van der Waals surface area contributed by atoms with Gasteiger partial charge in [0.2, 0.25) is 0 Å².